The maximum Gasteiger partial charge on any atom is 0.241 e. The number of para-hydroxylation sites is 2. The van der Waals surface area contributed by atoms with Gasteiger partial charge in [0.25, 0.3) is 0 Å². The summed E-state index contributed by atoms with van der Waals surface area (Å²) < 4.78 is 5.34. The van der Waals surface area contributed by atoms with Crippen molar-refractivity contribution < 1.29 is 9.53 Å². The average Bonchev–Trinajstić information content (AvgIpc) is 3.38. The van der Waals surface area contributed by atoms with Gasteiger partial charge in [-0.1, -0.05) is 18.2 Å². The lowest BCUT2D eigenvalue weighted by molar-refractivity contribution is -0.120. The molecule has 2 aromatic carbocycles. The molecule has 1 fully saturated rings. The molecule has 2 aliphatic heterocycles. The van der Waals surface area contributed by atoms with Crippen LogP contribution in [0.2, 0.25) is 0 Å². The number of piperazine rings is 1. The highest BCUT2D eigenvalue weighted by Crippen LogP contribution is 2.31. The summed E-state index contributed by atoms with van der Waals surface area (Å²) in [6.07, 6.45) is 0.913. The number of benzene rings is 2. The fourth-order valence-corrected chi connectivity index (χ4v) is 4.42. The van der Waals surface area contributed by atoms with E-state index in [4.69, 9.17) is 4.74 Å². The van der Waals surface area contributed by atoms with Crippen LogP contribution in [0.4, 0.5) is 5.69 Å². The lowest BCUT2D eigenvalue weighted by Crippen LogP contribution is -2.49. The van der Waals surface area contributed by atoms with E-state index in [2.05, 4.69) is 31.9 Å². The number of nitrogens with one attached hydrogen (secondary N) is 1. The van der Waals surface area contributed by atoms with Crippen molar-refractivity contribution in [2.75, 3.05) is 51.3 Å². The Morgan fingerprint density at radius 2 is 1.87 bits per heavy atom. The van der Waals surface area contributed by atoms with E-state index in [0.29, 0.717) is 6.54 Å². The summed E-state index contributed by atoms with van der Waals surface area (Å²) in [4.78, 5) is 27.6. The maximum atomic E-state index is 13.0. The van der Waals surface area contributed by atoms with E-state index in [1.54, 1.807) is 7.11 Å². The van der Waals surface area contributed by atoms with Gasteiger partial charge in [0.05, 0.1) is 36.9 Å². The summed E-state index contributed by atoms with van der Waals surface area (Å²) in [5, 5.41) is 0. The van der Waals surface area contributed by atoms with Gasteiger partial charge >= 0.3 is 0 Å². The minimum Gasteiger partial charge on any atom is -0.497 e. The molecule has 0 bridgehead atoms. The number of fused-ring (bicyclic) bond motifs is 2. The highest BCUT2D eigenvalue weighted by Gasteiger charge is 2.27. The summed E-state index contributed by atoms with van der Waals surface area (Å²) in [5.74, 6) is 1.98. The summed E-state index contributed by atoms with van der Waals surface area (Å²) in [6.45, 7) is 5.71. The molecule has 0 atom stereocenters. The van der Waals surface area contributed by atoms with E-state index in [0.717, 1.165) is 74.0 Å². The van der Waals surface area contributed by atoms with Crippen molar-refractivity contribution in [3.05, 3.63) is 53.9 Å². The zero-order valence-corrected chi connectivity index (χ0v) is 17.3. The smallest absolute Gasteiger partial charge is 0.241 e. The number of imidazole rings is 1. The third-order valence-electron chi connectivity index (χ3n) is 6.12. The molecule has 0 saturated carbocycles. The molecule has 0 spiro atoms. The van der Waals surface area contributed by atoms with E-state index in [-0.39, 0.29) is 5.91 Å². The first-order chi connectivity index (χ1) is 14.7. The fraction of sp³-hybridized carbons (Fsp3) is 0.391. The fourth-order valence-electron chi connectivity index (χ4n) is 4.42. The SMILES string of the molecule is COc1ccc2c(c1)N(C(=O)CN1CCN(Cc3nc4ccccc4[nH]3)CC1)CC2. The second-order valence-corrected chi connectivity index (χ2v) is 8.04. The lowest BCUT2D eigenvalue weighted by Gasteiger charge is -2.34. The predicted molar refractivity (Wildman–Crippen MR) is 117 cm³/mol. The number of methoxy groups -OCH3 is 1. The first-order valence-corrected chi connectivity index (χ1v) is 10.6. The van der Waals surface area contributed by atoms with Crippen molar-refractivity contribution in [3.8, 4) is 5.75 Å². The molecule has 7 heteroatoms. The molecule has 2 aliphatic rings. The van der Waals surface area contributed by atoms with Crippen molar-refractivity contribution in [2.45, 2.75) is 13.0 Å². The Balaban J connectivity index is 1.15. The zero-order chi connectivity index (χ0) is 20.5. The van der Waals surface area contributed by atoms with Crippen molar-refractivity contribution in [1.82, 2.24) is 19.8 Å². The third kappa shape index (κ3) is 3.78. The topological polar surface area (TPSA) is 64.7 Å². The summed E-state index contributed by atoms with van der Waals surface area (Å²) in [5.41, 5.74) is 4.32. The standard InChI is InChI=1S/C23H27N5O2/c1-30-18-7-6-17-8-9-28(21(17)14-18)23(29)16-27-12-10-26(11-13-27)15-22-24-19-4-2-3-5-20(19)25-22/h2-7,14H,8-13,15-16H2,1H3,(H,24,25). The molecule has 0 radical (unpaired) electrons. The lowest BCUT2D eigenvalue weighted by atomic mass is 10.1. The van der Waals surface area contributed by atoms with Crippen LogP contribution in [-0.2, 0) is 17.8 Å². The second-order valence-electron chi connectivity index (χ2n) is 8.04. The van der Waals surface area contributed by atoms with Gasteiger partial charge in [0.2, 0.25) is 5.91 Å². The second kappa shape index (κ2) is 8.08. The van der Waals surface area contributed by atoms with E-state index >= 15 is 0 Å². The number of hydrogen-bond acceptors (Lipinski definition) is 5. The quantitative estimate of drug-likeness (QED) is 0.706. The number of aromatic nitrogens is 2. The molecule has 156 valence electrons. The van der Waals surface area contributed by atoms with Crippen molar-refractivity contribution in [3.63, 3.8) is 0 Å². The Morgan fingerprint density at radius 3 is 2.67 bits per heavy atom. The number of rotatable bonds is 5. The molecule has 7 nitrogen and oxygen atoms in total. The van der Waals surface area contributed by atoms with Gasteiger partial charge in [-0.2, -0.15) is 0 Å². The summed E-state index contributed by atoms with van der Waals surface area (Å²) in [6, 6.07) is 14.1. The van der Waals surface area contributed by atoms with Crippen LogP contribution in [0.5, 0.6) is 5.75 Å². The van der Waals surface area contributed by atoms with Crippen LogP contribution in [0, 0.1) is 0 Å². The molecule has 30 heavy (non-hydrogen) atoms. The Bertz CT molecular complexity index is 1020. The Morgan fingerprint density at radius 1 is 1.07 bits per heavy atom. The molecule has 1 saturated heterocycles. The van der Waals surface area contributed by atoms with Gasteiger partial charge in [-0.05, 0) is 30.2 Å². The Hall–Kier alpha value is -2.90. The highest BCUT2D eigenvalue weighted by atomic mass is 16.5. The van der Waals surface area contributed by atoms with Gasteiger partial charge in [-0.15, -0.1) is 0 Å². The van der Waals surface area contributed by atoms with Gasteiger partial charge in [0.15, 0.2) is 0 Å². The molecule has 0 aliphatic carbocycles. The van der Waals surface area contributed by atoms with Gasteiger partial charge in [0, 0.05) is 38.8 Å². The average molecular weight is 406 g/mol. The molecule has 3 heterocycles. The van der Waals surface area contributed by atoms with E-state index in [1.807, 2.05) is 35.2 Å². The normalized spacial score (nSPS) is 17.4. The van der Waals surface area contributed by atoms with Crippen molar-refractivity contribution in [2.24, 2.45) is 0 Å². The monoisotopic (exact) mass is 405 g/mol. The minimum absolute atomic E-state index is 0.174. The Kier molecular flexibility index (Phi) is 5.14. The zero-order valence-electron chi connectivity index (χ0n) is 17.3. The van der Waals surface area contributed by atoms with Gasteiger partial charge < -0.3 is 14.6 Å². The van der Waals surface area contributed by atoms with Crippen LogP contribution in [0.1, 0.15) is 11.4 Å². The molecule has 5 rings (SSSR count). The predicted octanol–water partition coefficient (Wildman–Crippen LogP) is 2.28. The molecule has 0 unspecified atom stereocenters. The molecule has 1 amide bonds. The van der Waals surface area contributed by atoms with Crippen molar-refractivity contribution in [1.29, 1.82) is 0 Å². The summed E-state index contributed by atoms with van der Waals surface area (Å²) >= 11 is 0. The number of anilines is 1. The maximum absolute atomic E-state index is 13.0. The summed E-state index contributed by atoms with van der Waals surface area (Å²) in [7, 11) is 1.66. The first-order valence-electron chi connectivity index (χ1n) is 10.6. The number of ether oxygens (including phenoxy) is 1. The number of aromatic amines is 1. The van der Waals surface area contributed by atoms with Crippen LogP contribution < -0.4 is 9.64 Å². The van der Waals surface area contributed by atoms with E-state index < -0.39 is 0 Å². The molecule has 1 N–H and O–H groups in total. The van der Waals surface area contributed by atoms with E-state index in [9.17, 15) is 4.79 Å². The van der Waals surface area contributed by atoms with Gasteiger partial charge in [-0.3, -0.25) is 14.6 Å². The van der Waals surface area contributed by atoms with Crippen LogP contribution in [-0.4, -0.2) is 72.1 Å². The van der Waals surface area contributed by atoms with Crippen LogP contribution in [0.25, 0.3) is 11.0 Å². The minimum atomic E-state index is 0.174. The van der Waals surface area contributed by atoms with E-state index in [1.165, 1.54) is 5.56 Å². The van der Waals surface area contributed by atoms with Gasteiger partial charge in [0.1, 0.15) is 11.6 Å². The number of carbonyl (C=O) groups excluding carboxylic acids is 1. The van der Waals surface area contributed by atoms with Crippen LogP contribution in [0.3, 0.4) is 0 Å². The first kappa shape index (κ1) is 19.1. The highest BCUT2D eigenvalue weighted by molar-refractivity contribution is 5.97. The number of amides is 1. The van der Waals surface area contributed by atoms with Gasteiger partial charge in [-0.25, -0.2) is 4.98 Å². The van der Waals surface area contributed by atoms with Crippen LogP contribution >= 0.6 is 0 Å². The largest absolute Gasteiger partial charge is 0.497 e. The number of hydrogen-bond donors (Lipinski definition) is 1. The molecule has 3 aromatic rings. The molecular formula is C23H27N5O2. The third-order valence-corrected chi connectivity index (χ3v) is 6.12. The van der Waals surface area contributed by atoms with Crippen LogP contribution in [0.15, 0.2) is 42.5 Å². The van der Waals surface area contributed by atoms with Crippen molar-refractivity contribution >= 4 is 22.6 Å². The Labute approximate surface area is 176 Å². The number of nitrogens with zero attached hydrogens (tertiary/aromatic N) is 4. The number of H-pyrrole nitrogens is 1. The molecular weight excluding hydrogens is 378 g/mol. The molecule has 1 aromatic heterocycles. The number of carbonyl (C=O) groups is 1.